The Labute approximate surface area is 124 Å². The molecule has 0 atom stereocenters. The van der Waals surface area contributed by atoms with Crippen LogP contribution < -0.4 is 0 Å². The number of benzene rings is 1. The van der Waals surface area contributed by atoms with Crippen molar-refractivity contribution in [3.63, 3.8) is 0 Å². The SMILES string of the molecule is CCc1cc(-c2ccccn2)c(O)c(-c2ccccn2)c1. The van der Waals surface area contributed by atoms with Crippen molar-refractivity contribution in [1.29, 1.82) is 0 Å². The Bertz CT molecular complexity index is 679. The second kappa shape index (κ2) is 5.75. The average Bonchev–Trinajstić information content (AvgIpc) is 2.57. The fourth-order valence-electron chi connectivity index (χ4n) is 2.33. The Morgan fingerprint density at radius 1 is 0.857 bits per heavy atom. The first-order valence-electron chi connectivity index (χ1n) is 6.98. The second-order valence-corrected chi connectivity index (χ2v) is 4.82. The van der Waals surface area contributed by atoms with Gasteiger partial charge in [0, 0.05) is 23.5 Å². The van der Waals surface area contributed by atoms with E-state index in [1.807, 2.05) is 48.5 Å². The third-order valence-corrected chi connectivity index (χ3v) is 3.46. The van der Waals surface area contributed by atoms with Crippen LogP contribution in [-0.2, 0) is 6.42 Å². The molecule has 3 nitrogen and oxygen atoms in total. The van der Waals surface area contributed by atoms with Crippen molar-refractivity contribution in [2.24, 2.45) is 0 Å². The predicted molar refractivity (Wildman–Crippen MR) is 83.9 cm³/mol. The number of pyridine rings is 2. The van der Waals surface area contributed by atoms with Crippen molar-refractivity contribution in [2.45, 2.75) is 13.3 Å². The topological polar surface area (TPSA) is 46.0 Å². The number of hydrogen-bond donors (Lipinski definition) is 1. The summed E-state index contributed by atoms with van der Waals surface area (Å²) in [6, 6.07) is 15.3. The molecule has 0 spiro atoms. The number of phenols is 1. The third-order valence-electron chi connectivity index (χ3n) is 3.46. The summed E-state index contributed by atoms with van der Waals surface area (Å²) in [6.07, 6.45) is 4.35. The molecule has 0 amide bonds. The van der Waals surface area contributed by atoms with Crippen LogP contribution in [0.4, 0.5) is 0 Å². The molecule has 0 aliphatic rings. The van der Waals surface area contributed by atoms with Gasteiger partial charge in [-0.2, -0.15) is 0 Å². The highest BCUT2D eigenvalue weighted by Gasteiger charge is 2.14. The number of phenolic OH excluding ortho intramolecular Hbond substituents is 1. The molecule has 2 heterocycles. The fourth-order valence-corrected chi connectivity index (χ4v) is 2.33. The lowest BCUT2D eigenvalue weighted by atomic mass is 9.98. The third kappa shape index (κ3) is 2.63. The zero-order valence-corrected chi connectivity index (χ0v) is 11.8. The predicted octanol–water partition coefficient (Wildman–Crippen LogP) is 4.08. The summed E-state index contributed by atoms with van der Waals surface area (Å²) < 4.78 is 0. The first kappa shape index (κ1) is 13.3. The van der Waals surface area contributed by atoms with E-state index < -0.39 is 0 Å². The van der Waals surface area contributed by atoms with Gasteiger partial charge in [-0.3, -0.25) is 9.97 Å². The Hall–Kier alpha value is -2.68. The van der Waals surface area contributed by atoms with Crippen LogP contribution >= 0.6 is 0 Å². The Kier molecular flexibility index (Phi) is 3.65. The highest BCUT2D eigenvalue weighted by Crippen LogP contribution is 2.37. The monoisotopic (exact) mass is 276 g/mol. The molecule has 0 fully saturated rings. The van der Waals surface area contributed by atoms with Crippen molar-refractivity contribution in [1.82, 2.24) is 9.97 Å². The maximum absolute atomic E-state index is 10.6. The lowest BCUT2D eigenvalue weighted by Crippen LogP contribution is -1.92. The van der Waals surface area contributed by atoms with Crippen LogP contribution in [0.15, 0.2) is 60.9 Å². The first-order valence-corrected chi connectivity index (χ1v) is 6.98. The summed E-state index contributed by atoms with van der Waals surface area (Å²) in [5.74, 6) is 0.226. The Balaban J connectivity index is 2.23. The zero-order chi connectivity index (χ0) is 14.7. The lowest BCUT2D eigenvalue weighted by molar-refractivity contribution is 0.478. The molecule has 0 bridgehead atoms. The van der Waals surface area contributed by atoms with Crippen molar-refractivity contribution in [3.8, 4) is 28.3 Å². The molecule has 1 aromatic carbocycles. The van der Waals surface area contributed by atoms with Crippen molar-refractivity contribution < 1.29 is 5.11 Å². The molecule has 0 saturated heterocycles. The van der Waals surface area contributed by atoms with Gasteiger partial charge < -0.3 is 5.11 Å². The molecular weight excluding hydrogens is 260 g/mol. The van der Waals surface area contributed by atoms with E-state index in [-0.39, 0.29) is 5.75 Å². The van der Waals surface area contributed by atoms with Gasteiger partial charge in [0.05, 0.1) is 11.4 Å². The number of nitrogens with zero attached hydrogens (tertiary/aromatic N) is 2. The molecule has 0 aliphatic carbocycles. The van der Waals surface area contributed by atoms with Gasteiger partial charge in [-0.15, -0.1) is 0 Å². The van der Waals surface area contributed by atoms with Gasteiger partial charge in [0.15, 0.2) is 0 Å². The fraction of sp³-hybridized carbons (Fsp3) is 0.111. The molecule has 0 unspecified atom stereocenters. The van der Waals surface area contributed by atoms with E-state index in [0.717, 1.165) is 34.5 Å². The molecule has 2 aromatic heterocycles. The molecule has 0 saturated carbocycles. The van der Waals surface area contributed by atoms with Crippen LogP contribution in [0.1, 0.15) is 12.5 Å². The standard InChI is InChI=1S/C18H16N2O/c1-2-13-11-14(16-7-3-5-9-19-16)18(21)15(12-13)17-8-4-6-10-20-17/h3-12,21H,2H2,1H3. The van der Waals surface area contributed by atoms with Gasteiger partial charge in [0.25, 0.3) is 0 Å². The summed E-state index contributed by atoms with van der Waals surface area (Å²) >= 11 is 0. The van der Waals surface area contributed by atoms with E-state index in [1.54, 1.807) is 12.4 Å². The number of hydrogen-bond acceptors (Lipinski definition) is 3. The molecule has 3 rings (SSSR count). The molecule has 104 valence electrons. The molecule has 0 radical (unpaired) electrons. The number of aromatic nitrogens is 2. The van der Waals surface area contributed by atoms with E-state index in [2.05, 4.69) is 16.9 Å². The van der Waals surface area contributed by atoms with Gasteiger partial charge in [-0.05, 0) is 48.4 Å². The van der Waals surface area contributed by atoms with E-state index in [0.29, 0.717) is 0 Å². The summed E-state index contributed by atoms with van der Waals surface area (Å²) in [5.41, 5.74) is 4.17. The molecule has 3 aromatic rings. The van der Waals surface area contributed by atoms with Crippen LogP contribution in [0.25, 0.3) is 22.5 Å². The van der Waals surface area contributed by atoms with E-state index in [1.165, 1.54) is 0 Å². The molecule has 0 aliphatic heterocycles. The normalized spacial score (nSPS) is 10.5. The lowest BCUT2D eigenvalue weighted by Gasteiger charge is -2.12. The molecule has 21 heavy (non-hydrogen) atoms. The first-order chi connectivity index (χ1) is 10.3. The number of rotatable bonds is 3. The largest absolute Gasteiger partial charge is 0.507 e. The minimum absolute atomic E-state index is 0.226. The van der Waals surface area contributed by atoms with E-state index >= 15 is 0 Å². The minimum atomic E-state index is 0.226. The van der Waals surface area contributed by atoms with Crippen LogP contribution in [0.2, 0.25) is 0 Å². The van der Waals surface area contributed by atoms with Crippen molar-refractivity contribution in [3.05, 3.63) is 66.5 Å². The average molecular weight is 276 g/mol. The zero-order valence-electron chi connectivity index (χ0n) is 11.8. The van der Waals surface area contributed by atoms with Gasteiger partial charge in [0.1, 0.15) is 5.75 Å². The molecule has 1 N–H and O–H groups in total. The molecular formula is C18H16N2O. The highest BCUT2D eigenvalue weighted by atomic mass is 16.3. The van der Waals surface area contributed by atoms with Crippen LogP contribution in [0, 0.1) is 0 Å². The Morgan fingerprint density at radius 3 is 1.76 bits per heavy atom. The maximum Gasteiger partial charge on any atom is 0.134 e. The summed E-state index contributed by atoms with van der Waals surface area (Å²) in [4.78, 5) is 8.68. The number of aryl methyl sites for hydroxylation is 1. The van der Waals surface area contributed by atoms with Crippen molar-refractivity contribution in [2.75, 3.05) is 0 Å². The van der Waals surface area contributed by atoms with Crippen molar-refractivity contribution >= 4 is 0 Å². The summed E-state index contributed by atoms with van der Waals surface area (Å²) in [6.45, 7) is 2.09. The van der Waals surface area contributed by atoms with Crippen LogP contribution in [0.5, 0.6) is 5.75 Å². The molecule has 3 heteroatoms. The van der Waals surface area contributed by atoms with E-state index in [9.17, 15) is 5.11 Å². The van der Waals surface area contributed by atoms with E-state index in [4.69, 9.17) is 0 Å². The Morgan fingerprint density at radius 2 is 1.38 bits per heavy atom. The second-order valence-electron chi connectivity index (χ2n) is 4.82. The highest BCUT2D eigenvalue weighted by molar-refractivity contribution is 5.80. The summed E-state index contributed by atoms with van der Waals surface area (Å²) in [5, 5.41) is 10.6. The van der Waals surface area contributed by atoms with Gasteiger partial charge >= 0.3 is 0 Å². The smallest absolute Gasteiger partial charge is 0.134 e. The van der Waals surface area contributed by atoms with Gasteiger partial charge in [0.2, 0.25) is 0 Å². The maximum atomic E-state index is 10.6. The number of aromatic hydroxyl groups is 1. The van der Waals surface area contributed by atoms with Crippen LogP contribution in [-0.4, -0.2) is 15.1 Å². The quantitative estimate of drug-likeness (QED) is 0.784. The van der Waals surface area contributed by atoms with Gasteiger partial charge in [-0.1, -0.05) is 19.1 Å². The minimum Gasteiger partial charge on any atom is -0.507 e. The van der Waals surface area contributed by atoms with Crippen LogP contribution in [0.3, 0.4) is 0 Å². The summed E-state index contributed by atoms with van der Waals surface area (Å²) in [7, 11) is 0. The van der Waals surface area contributed by atoms with Gasteiger partial charge in [-0.25, -0.2) is 0 Å².